The van der Waals surface area contributed by atoms with E-state index in [1.165, 1.54) is 5.56 Å². The van der Waals surface area contributed by atoms with Crippen molar-refractivity contribution >= 4 is 8.25 Å². The highest BCUT2D eigenvalue weighted by molar-refractivity contribution is 7.30. The van der Waals surface area contributed by atoms with Crippen LogP contribution in [0.25, 0.3) is 0 Å². The number of rotatable bonds is 2. The molecule has 0 amide bonds. The largest absolute Gasteiger partial charge is 0.508 e. The van der Waals surface area contributed by atoms with Crippen molar-refractivity contribution in [3.63, 3.8) is 0 Å². The summed E-state index contributed by atoms with van der Waals surface area (Å²) in [6.45, 7) is 6.59. The Morgan fingerprint density at radius 1 is 1.19 bits per heavy atom. The Morgan fingerprint density at radius 3 is 1.88 bits per heavy atom. The first-order valence-electron chi connectivity index (χ1n) is 5.01. The highest BCUT2D eigenvalue weighted by Crippen LogP contribution is 2.27. The Labute approximate surface area is 96.5 Å². The van der Waals surface area contributed by atoms with Crippen LogP contribution < -0.4 is 0 Å². The average Bonchev–Trinajstić information content (AvgIpc) is 2.17. The third-order valence-electron chi connectivity index (χ3n) is 2.53. The number of aromatic hydroxyl groups is 1. The molecule has 1 rings (SSSR count). The molecule has 0 aliphatic heterocycles. The second-order valence-electron chi connectivity index (χ2n) is 4.07. The predicted octanol–water partition coefficient (Wildman–Crippen LogP) is 2.44. The van der Waals surface area contributed by atoms with Gasteiger partial charge < -0.3 is 14.9 Å². The molecular formula is C11H19O4P. The van der Waals surface area contributed by atoms with Gasteiger partial charge in [-0.25, -0.2) is 0 Å². The van der Waals surface area contributed by atoms with Gasteiger partial charge in [0.2, 0.25) is 0 Å². The maximum Gasteiger partial charge on any atom is 0.314 e. The molecule has 16 heavy (non-hydrogen) atoms. The highest BCUT2D eigenvalue weighted by atomic mass is 31.1. The molecule has 0 unspecified atom stereocenters. The first-order valence-corrected chi connectivity index (χ1v) is 6.31. The van der Waals surface area contributed by atoms with Crippen LogP contribution in [0.1, 0.15) is 32.8 Å². The summed E-state index contributed by atoms with van der Waals surface area (Å²) in [7, 11) is -3.13. The predicted molar refractivity (Wildman–Crippen MR) is 64.9 cm³/mol. The molecule has 0 atom stereocenters. The minimum atomic E-state index is -3.13. The minimum absolute atomic E-state index is 0.216. The Balaban J connectivity index is 0.000000487. The van der Waals surface area contributed by atoms with Crippen LogP contribution in [-0.4, -0.2) is 14.9 Å². The van der Waals surface area contributed by atoms with E-state index in [2.05, 4.69) is 20.8 Å². The van der Waals surface area contributed by atoms with Crippen molar-refractivity contribution in [1.29, 1.82) is 0 Å². The lowest BCUT2D eigenvalue weighted by Gasteiger charge is -2.22. The van der Waals surface area contributed by atoms with Crippen LogP contribution in [0.15, 0.2) is 24.3 Å². The van der Waals surface area contributed by atoms with E-state index in [4.69, 9.17) is 19.5 Å². The van der Waals surface area contributed by atoms with Crippen molar-refractivity contribution in [3.05, 3.63) is 29.8 Å². The summed E-state index contributed by atoms with van der Waals surface area (Å²) in [5, 5.41) is 9.10. The number of phenols is 1. The van der Waals surface area contributed by atoms with Crippen LogP contribution in [0.5, 0.6) is 5.75 Å². The van der Waals surface area contributed by atoms with Crippen molar-refractivity contribution < 1.29 is 19.5 Å². The van der Waals surface area contributed by atoms with Crippen LogP contribution in [0.3, 0.4) is 0 Å². The van der Waals surface area contributed by atoms with Gasteiger partial charge in [0.25, 0.3) is 0 Å². The van der Waals surface area contributed by atoms with Gasteiger partial charge in [-0.2, -0.15) is 0 Å². The lowest BCUT2D eigenvalue weighted by Crippen LogP contribution is -2.14. The minimum Gasteiger partial charge on any atom is -0.508 e. The third kappa shape index (κ3) is 5.91. The van der Waals surface area contributed by atoms with Crippen molar-refractivity contribution in [1.82, 2.24) is 0 Å². The fraction of sp³-hybridized carbons (Fsp3) is 0.455. The lowest BCUT2D eigenvalue weighted by atomic mass is 9.82. The Morgan fingerprint density at radius 2 is 1.56 bits per heavy atom. The molecule has 0 bridgehead atoms. The van der Waals surface area contributed by atoms with E-state index >= 15 is 0 Å². The molecule has 0 heterocycles. The molecule has 0 spiro atoms. The zero-order valence-electron chi connectivity index (χ0n) is 9.77. The normalized spacial score (nSPS) is 10.9. The zero-order valence-corrected chi connectivity index (χ0v) is 10.8. The van der Waals surface area contributed by atoms with Crippen LogP contribution in [0.4, 0.5) is 0 Å². The number of phenolic OH excluding ortho intramolecular Hbond substituents is 1. The molecule has 92 valence electrons. The van der Waals surface area contributed by atoms with Crippen LogP contribution in [0, 0.1) is 0 Å². The summed E-state index contributed by atoms with van der Waals surface area (Å²) in [5.41, 5.74) is 1.50. The van der Waals surface area contributed by atoms with Gasteiger partial charge in [-0.3, -0.25) is 4.57 Å². The highest BCUT2D eigenvalue weighted by Gasteiger charge is 2.17. The zero-order chi connectivity index (χ0) is 12.8. The molecule has 1 aromatic carbocycles. The molecule has 1 aromatic rings. The average molecular weight is 246 g/mol. The maximum atomic E-state index is 9.10. The van der Waals surface area contributed by atoms with E-state index in [9.17, 15) is 0 Å². The molecule has 0 aromatic heterocycles. The molecule has 0 saturated heterocycles. The van der Waals surface area contributed by atoms with Crippen LogP contribution in [0.2, 0.25) is 0 Å². The van der Waals surface area contributed by atoms with Crippen LogP contribution in [-0.2, 0) is 9.98 Å². The third-order valence-corrected chi connectivity index (χ3v) is 2.53. The van der Waals surface area contributed by atoms with Crippen LogP contribution >= 0.6 is 8.25 Å². The number of hydrogen-bond acceptors (Lipinski definition) is 2. The summed E-state index contributed by atoms with van der Waals surface area (Å²) in [4.78, 5) is 14.3. The molecule has 0 aliphatic rings. The topological polar surface area (TPSA) is 77.8 Å². The van der Waals surface area contributed by atoms with E-state index in [0.717, 1.165) is 6.42 Å². The fourth-order valence-electron chi connectivity index (χ4n) is 1.12. The molecule has 0 aliphatic carbocycles. The first kappa shape index (κ1) is 15.2. The van der Waals surface area contributed by atoms with E-state index in [1.807, 2.05) is 12.1 Å². The van der Waals surface area contributed by atoms with E-state index < -0.39 is 8.25 Å². The van der Waals surface area contributed by atoms with Crippen molar-refractivity contribution in [2.45, 2.75) is 32.6 Å². The molecule has 3 N–H and O–H groups in total. The smallest absolute Gasteiger partial charge is 0.314 e. The summed E-state index contributed by atoms with van der Waals surface area (Å²) in [6, 6.07) is 7.46. The Bertz CT molecular complexity index is 328. The second kappa shape index (κ2) is 6.69. The molecule has 0 saturated carbocycles. The van der Waals surface area contributed by atoms with E-state index in [1.54, 1.807) is 12.1 Å². The molecule has 4 nitrogen and oxygen atoms in total. The van der Waals surface area contributed by atoms with Gasteiger partial charge in [-0.15, -0.1) is 0 Å². The second-order valence-corrected chi connectivity index (χ2v) is 4.63. The summed E-state index contributed by atoms with van der Waals surface area (Å²) in [6.07, 6.45) is 1.11. The van der Waals surface area contributed by atoms with Crippen molar-refractivity contribution in [2.24, 2.45) is 0 Å². The standard InChI is InChI=1S/C11H16O.H3O3P/c1-4-11(2,3)9-5-7-10(12)8-6-9;1-4(2)3/h5-8,12H,4H2,1-3H3;4H,(H2,1,2,3). The monoisotopic (exact) mass is 246 g/mol. The molecule has 0 radical (unpaired) electrons. The molecular weight excluding hydrogens is 227 g/mol. The fourth-order valence-corrected chi connectivity index (χ4v) is 1.12. The molecule has 0 fully saturated rings. The summed E-state index contributed by atoms with van der Waals surface area (Å²) >= 11 is 0. The Hall–Kier alpha value is -0.830. The lowest BCUT2D eigenvalue weighted by molar-refractivity contribution is 0.405. The molecule has 5 heteroatoms. The summed E-state index contributed by atoms with van der Waals surface area (Å²) < 4.78 is 8.74. The Kier molecular flexibility index (Phi) is 6.34. The van der Waals surface area contributed by atoms with Gasteiger partial charge in [0.15, 0.2) is 0 Å². The first-order chi connectivity index (χ1) is 7.29. The number of benzene rings is 1. The SMILES string of the molecule is CCC(C)(C)c1ccc(O)cc1.O=[PH](O)O. The van der Waals surface area contributed by atoms with E-state index in [-0.39, 0.29) is 5.41 Å². The van der Waals surface area contributed by atoms with Crippen molar-refractivity contribution in [3.8, 4) is 5.75 Å². The van der Waals surface area contributed by atoms with Gasteiger partial charge in [0.05, 0.1) is 0 Å². The van der Waals surface area contributed by atoms with Gasteiger partial charge in [0.1, 0.15) is 5.75 Å². The van der Waals surface area contributed by atoms with Gasteiger partial charge in [-0.1, -0.05) is 32.9 Å². The van der Waals surface area contributed by atoms with Gasteiger partial charge >= 0.3 is 8.25 Å². The van der Waals surface area contributed by atoms with Crippen molar-refractivity contribution in [2.75, 3.05) is 0 Å². The van der Waals surface area contributed by atoms with E-state index in [0.29, 0.717) is 5.75 Å². The number of hydrogen-bond donors (Lipinski definition) is 3. The van der Waals surface area contributed by atoms with Gasteiger partial charge in [-0.05, 0) is 29.5 Å². The summed E-state index contributed by atoms with van der Waals surface area (Å²) in [5.74, 6) is 0.339. The quantitative estimate of drug-likeness (QED) is 0.700. The maximum absolute atomic E-state index is 9.10. The van der Waals surface area contributed by atoms with Gasteiger partial charge in [0, 0.05) is 0 Å².